The van der Waals surface area contributed by atoms with Crippen LogP contribution in [-0.2, 0) is 17.6 Å². The fourth-order valence-corrected chi connectivity index (χ4v) is 2.03. The van der Waals surface area contributed by atoms with Crippen LogP contribution in [-0.4, -0.2) is 11.9 Å². The van der Waals surface area contributed by atoms with Gasteiger partial charge in [-0.25, -0.2) is 0 Å². The molecule has 0 saturated heterocycles. The number of hydrogen-bond acceptors (Lipinski definition) is 1. The number of nitrogens with one attached hydrogen (secondary N) is 1. The highest BCUT2D eigenvalue weighted by molar-refractivity contribution is 5.78. The molecular weight excluding hydrogens is 186 g/mol. The molecule has 0 aliphatic heterocycles. The van der Waals surface area contributed by atoms with Crippen molar-refractivity contribution in [2.24, 2.45) is 5.92 Å². The summed E-state index contributed by atoms with van der Waals surface area (Å²) in [5.41, 5.74) is 2.76. The summed E-state index contributed by atoms with van der Waals surface area (Å²) in [7, 11) is 0. The van der Waals surface area contributed by atoms with E-state index in [9.17, 15) is 4.79 Å². The SMILES string of the molecule is CC(C)C(=O)NC1Cc2ccccc2C1. The van der Waals surface area contributed by atoms with Crippen molar-refractivity contribution in [3.05, 3.63) is 35.4 Å². The van der Waals surface area contributed by atoms with Gasteiger partial charge in [0.2, 0.25) is 5.91 Å². The van der Waals surface area contributed by atoms with E-state index in [1.54, 1.807) is 0 Å². The molecule has 80 valence electrons. The molecule has 0 bridgehead atoms. The molecule has 0 unspecified atom stereocenters. The number of benzene rings is 1. The number of hydrogen-bond donors (Lipinski definition) is 1. The number of carbonyl (C=O) groups is 1. The Morgan fingerprint density at radius 3 is 2.27 bits per heavy atom. The Morgan fingerprint density at radius 2 is 1.80 bits per heavy atom. The van der Waals surface area contributed by atoms with Crippen LogP contribution in [0.15, 0.2) is 24.3 Å². The molecule has 2 rings (SSSR count). The summed E-state index contributed by atoms with van der Waals surface area (Å²) in [5, 5.41) is 3.09. The van der Waals surface area contributed by atoms with E-state index in [0.29, 0.717) is 6.04 Å². The summed E-state index contributed by atoms with van der Waals surface area (Å²) in [5.74, 6) is 0.238. The van der Waals surface area contributed by atoms with Crippen LogP contribution in [0.4, 0.5) is 0 Å². The van der Waals surface area contributed by atoms with Crippen molar-refractivity contribution in [3.63, 3.8) is 0 Å². The van der Waals surface area contributed by atoms with Gasteiger partial charge in [-0.05, 0) is 24.0 Å². The fraction of sp³-hybridized carbons (Fsp3) is 0.462. The molecule has 2 heteroatoms. The van der Waals surface area contributed by atoms with Crippen molar-refractivity contribution >= 4 is 5.91 Å². The van der Waals surface area contributed by atoms with Crippen LogP contribution < -0.4 is 5.32 Å². The summed E-state index contributed by atoms with van der Waals surface area (Å²) in [6.07, 6.45) is 1.96. The normalized spacial score (nSPS) is 15.4. The van der Waals surface area contributed by atoms with E-state index < -0.39 is 0 Å². The molecule has 0 radical (unpaired) electrons. The highest BCUT2D eigenvalue weighted by Crippen LogP contribution is 2.21. The van der Waals surface area contributed by atoms with Gasteiger partial charge in [0, 0.05) is 12.0 Å². The minimum absolute atomic E-state index is 0.0775. The van der Waals surface area contributed by atoms with Crippen LogP contribution in [0.3, 0.4) is 0 Å². The molecule has 0 atom stereocenters. The summed E-state index contributed by atoms with van der Waals surface area (Å²) < 4.78 is 0. The van der Waals surface area contributed by atoms with E-state index >= 15 is 0 Å². The second-order valence-electron chi connectivity index (χ2n) is 4.54. The highest BCUT2D eigenvalue weighted by Gasteiger charge is 2.22. The van der Waals surface area contributed by atoms with Gasteiger partial charge < -0.3 is 5.32 Å². The predicted molar refractivity (Wildman–Crippen MR) is 60.6 cm³/mol. The third-order valence-corrected chi connectivity index (χ3v) is 2.92. The summed E-state index contributed by atoms with van der Waals surface area (Å²) in [6.45, 7) is 3.86. The van der Waals surface area contributed by atoms with Crippen LogP contribution in [0, 0.1) is 5.92 Å². The van der Waals surface area contributed by atoms with Gasteiger partial charge in [-0.2, -0.15) is 0 Å². The second-order valence-corrected chi connectivity index (χ2v) is 4.54. The Balaban J connectivity index is 1.99. The van der Waals surface area contributed by atoms with Gasteiger partial charge in [-0.3, -0.25) is 4.79 Å². The zero-order valence-electron chi connectivity index (χ0n) is 9.29. The lowest BCUT2D eigenvalue weighted by Crippen LogP contribution is -2.37. The topological polar surface area (TPSA) is 29.1 Å². The van der Waals surface area contributed by atoms with Gasteiger partial charge >= 0.3 is 0 Å². The van der Waals surface area contributed by atoms with Crippen molar-refractivity contribution in [1.29, 1.82) is 0 Å². The van der Waals surface area contributed by atoms with E-state index in [0.717, 1.165) is 12.8 Å². The Labute approximate surface area is 90.7 Å². The van der Waals surface area contributed by atoms with Crippen LogP contribution in [0.2, 0.25) is 0 Å². The molecule has 1 amide bonds. The standard InChI is InChI=1S/C13H17NO/c1-9(2)13(15)14-12-7-10-5-3-4-6-11(10)8-12/h3-6,9,12H,7-8H2,1-2H3,(H,14,15). The largest absolute Gasteiger partial charge is 0.352 e. The third kappa shape index (κ3) is 2.20. The lowest BCUT2D eigenvalue weighted by atomic mass is 10.1. The average Bonchev–Trinajstić information content (AvgIpc) is 2.59. The van der Waals surface area contributed by atoms with Crippen LogP contribution >= 0.6 is 0 Å². The van der Waals surface area contributed by atoms with Gasteiger partial charge in [0.25, 0.3) is 0 Å². The number of amides is 1. The Morgan fingerprint density at radius 1 is 1.27 bits per heavy atom. The molecule has 1 aliphatic carbocycles. The minimum Gasteiger partial charge on any atom is -0.352 e. The van der Waals surface area contributed by atoms with E-state index in [-0.39, 0.29) is 11.8 Å². The number of rotatable bonds is 2. The van der Waals surface area contributed by atoms with Gasteiger partial charge in [0.15, 0.2) is 0 Å². The molecule has 1 aromatic rings. The van der Waals surface area contributed by atoms with Crippen LogP contribution in [0.5, 0.6) is 0 Å². The molecule has 1 N–H and O–H groups in total. The lowest BCUT2D eigenvalue weighted by molar-refractivity contribution is -0.124. The average molecular weight is 203 g/mol. The predicted octanol–water partition coefficient (Wildman–Crippen LogP) is 1.93. The molecule has 0 fully saturated rings. The number of fused-ring (bicyclic) bond motifs is 1. The van der Waals surface area contributed by atoms with E-state index in [4.69, 9.17) is 0 Å². The van der Waals surface area contributed by atoms with Crippen molar-refractivity contribution in [3.8, 4) is 0 Å². The molecule has 0 spiro atoms. The number of carbonyl (C=O) groups excluding carboxylic acids is 1. The summed E-state index contributed by atoms with van der Waals surface area (Å²) in [4.78, 5) is 11.5. The molecule has 2 nitrogen and oxygen atoms in total. The first-order valence-corrected chi connectivity index (χ1v) is 5.54. The lowest BCUT2D eigenvalue weighted by Gasteiger charge is -2.13. The zero-order valence-corrected chi connectivity index (χ0v) is 9.29. The van der Waals surface area contributed by atoms with Gasteiger partial charge in [-0.15, -0.1) is 0 Å². The quantitative estimate of drug-likeness (QED) is 0.781. The summed E-state index contributed by atoms with van der Waals surface area (Å²) in [6, 6.07) is 8.72. The summed E-state index contributed by atoms with van der Waals surface area (Å²) >= 11 is 0. The maximum atomic E-state index is 11.5. The Kier molecular flexibility index (Phi) is 2.76. The molecule has 1 aliphatic rings. The molecular formula is C13H17NO. The monoisotopic (exact) mass is 203 g/mol. The maximum Gasteiger partial charge on any atom is 0.222 e. The fourth-order valence-electron chi connectivity index (χ4n) is 2.03. The van der Waals surface area contributed by atoms with E-state index in [1.807, 2.05) is 13.8 Å². The van der Waals surface area contributed by atoms with E-state index in [1.165, 1.54) is 11.1 Å². The zero-order chi connectivity index (χ0) is 10.8. The van der Waals surface area contributed by atoms with Gasteiger partial charge in [0.1, 0.15) is 0 Å². The highest BCUT2D eigenvalue weighted by atomic mass is 16.1. The third-order valence-electron chi connectivity index (χ3n) is 2.92. The van der Waals surface area contributed by atoms with Crippen molar-refractivity contribution in [2.45, 2.75) is 32.7 Å². The first kappa shape index (κ1) is 10.2. The minimum atomic E-state index is 0.0775. The van der Waals surface area contributed by atoms with Gasteiger partial charge in [0.05, 0.1) is 0 Å². The van der Waals surface area contributed by atoms with Crippen LogP contribution in [0.1, 0.15) is 25.0 Å². The molecule has 1 aromatic carbocycles. The smallest absolute Gasteiger partial charge is 0.222 e. The van der Waals surface area contributed by atoms with Gasteiger partial charge in [-0.1, -0.05) is 38.1 Å². The van der Waals surface area contributed by atoms with E-state index in [2.05, 4.69) is 29.6 Å². The first-order chi connectivity index (χ1) is 7.16. The first-order valence-electron chi connectivity index (χ1n) is 5.54. The van der Waals surface area contributed by atoms with Crippen LogP contribution in [0.25, 0.3) is 0 Å². The Bertz CT molecular complexity index is 346. The van der Waals surface area contributed by atoms with Crippen molar-refractivity contribution in [1.82, 2.24) is 5.32 Å². The molecule has 0 saturated carbocycles. The van der Waals surface area contributed by atoms with Crippen molar-refractivity contribution in [2.75, 3.05) is 0 Å². The Hall–Kier alpha value is -1.31. The van der Waals surface area contributed by atoms with Crippen molar-refractivity contribution < 1.29 is 4.79 Å². The maximum absolute atomic E-state index is 11.5. The molecule has 15 heavy (non-hydrogen) atoms. The molecule has 0 aromatic heterocycles. The second kappa shape index (κ2) is 4.05. The molecule has 0 heterocycles.